The van der Waals surface area contributed by atoms with Gasteiger partial charge in [0.2, 0.25) is 0 Å². The summed E-state index contributed by atoms with van der Waals surface area (Å²) in [5, 5.41) is 0. The number of unbranched alkanes of at least 4 members (excludes halogenated alkanes) is 2. The molecule has 0 amide bonds. The van der Waals surface area contributed by atoms with Gasteiger partial charge in [-0.05, 0) is 0 Å². The molecule has 0 saturated carbocycles. The Morgan fingerprint density at radius 2 is 2.14 bits per heavy atom. The molecule has 0 heterocycles. The molecule has 0 rings (SSSR count). The van der Waals surface area contributed by atoms with Gasteiger partial charge < -0.3 is 0 Å². The first-order valence-corrected chi connectivity index (χ1v) is 3.70. The van der Waals surface area contributed by atoms with Gasteiger partial charge in [0.05, 0.1) is 0 Å². The molecule has 0 aromatic rings. The molecule has 0 unspecified atom stereocenters. The second-order valence-corrected chi connectivity index (χ2v) is 2.27. The van der Waals surface area contributed by atoms with E-state index in [1.54, 1.807) is 0 Å². The molecule has 0 aromatic heterocycles. The molecule has 7 heavy (non-hydrogen) atoms. The van der Waals surface area contributed by atoms with Crippen molar-refractivity contribution in [2.45, 2.75) is 26.2 Å². The zero-order valence-corrected chi connectivity index (χ0v) is 7.19. The third kappa shape index (κ3) is 6.84. The standard InChI is InChI=1S/C5H11O.Zr/c1-2-3-4-5-6;/h2-5H2,1H3;/q-1;+1. The van der Waals surface area contributed by atoms with Gasteiger partial charge in [0, 0.05) is 0 Å². The van der Waals surface area contributed by atoms with Gasteiger partial charge in [0.1, 0.15) is 0 Å². The molecule has 0 aliphatic carbocycles. The Kier molecular flexibility index (Phi) is 7.67. The first-order chi connectivity index (χ1) is 3.41. The van der Waals surface area contributed by atoms with Crippen LogP contribution in [-0.2, 0) is 28.0 Å². The summed E-state index contributed by atoms with van der Waals surface area (Å²) >= 11 is 1.20. The van der Waals surface area contributed by atoms with Gasteiger partial charge in [-0.15, -0.1) is 0 Å². The summed E-state index contributed by atoms with van der Waals surface area (Å²) in [6.45, 7) is 3.16. The van der Waals surface area contributed by atoms with Gasteiger partial charge in [0.15, 0.2) is 0 Å². The average molecular weight is 178 g/mol. The van der Waals surface area contributed by atoms with Gasteiger partial charge in [-0.2, -0.15) is 0 Å². The third-order valence-electron chi connectivity index (χ3n) is 0.850. The minimum absolute atomic E-state index is 0.964. The van der Waals surface area contributed by atoms with Crippen molar-refractivity contribution in [3.8, 4) is 0 Å². The van der Waals surface area contributed by atoms with Crippen molar-refractivity contribution in [1.82, 2.24) is 0 Å². The van der Waals surface area contributed by atoms with Crippen molar-refractivity contribution < 1.29 is 28.0 Å². The molecular formula is C5H11OZr. The van der Waals surface area contributed by atoms with Crippen LogP contribution in [0.25, 0.3) is 0 Å². The van der Waals surface area contributed by atoms with Gasteiger partial charge in [0.25, 0.3) is 0 Å². The van der Waals surface area contributed by atoms with E-state index >= 15 is 0 Å². The van der Waals surface area contributed by atoms with Crippen molar-refractivity contribution in [2.75, 3.05) is 6.61 Å². The van der Waals surface area contributed by atoms with E-state index in [9.17, 15) is 0 Å². The molecule has 0 atom stereocenters. The first kappa shape index (κ1) is 7.84. The normalized spacial score (nSPS) is 9.14. The molecule has 2 heteroatoms. The Balaban J connectivity index is 2.45. The van der Waals surface area contributed by atoms with Crippen LogP contribution in [0, 0.1) is 0 Å². The van der Waals surface area contributed by atoms with Gasteiger partial charge in [-0.25, -0.2) is 0 Å². The van der Waals surface area contributed by atoms with E-state index in [0.717, 1.165) is 6.61 Å². The van der Waals surface area contributed by atoms with Crippen molar-refractivity contribution >= 4 is 0 Å². The van der Waals surface area contributed by atoms with Crippen LogP contribution in [0.3, 0.4) is 0 Å². The topological polar surface area (TPSA) is 9.23 Å². The van der Waals surface area contributed by atoms with E-state index in [1.165, 1.54) is 44.4 Å². The summed E-state index contributed by atoms with van der Waals surface area (Å²) in [6, 6.07) is 0. The van der Waals surface area contributed by atoms with E-state index in [1.807, 2.05) is 0 Å². The minimum atomic E-state index is 0.964. The Labute approximate surface area is 60.9 Å². The van der Waals surface area contributed by atoms with Crippen molar-refractivity contribution in [3.05, 3.63) is 0 Å². The van der Waals surface area contributed by atoms with E-state index in [0.29, 0.717) is 0 Å². The third-order valence-corrected chi connectivity index (χ3v) is 1.35. The van der Waals surface area contributed by atoms with Crippen molar-refractivity contribution in [3.63, 3.8) is 0 Å². The molecular weight excluding hydrogens is 167 g/mol. The monoisotopic (exact) mass is 177 g/mol. The molecule has 1 nitrogen and oxygen atoms in total. The van der Waals surface area contributed by atoms with Gasteiger partial charge in [-0.1, -0.05) is 0 Å². The fourth-order valence-corrected chi connectivity index (χ4v) is 0.779. The second kappa shape index (κ2) is 6.84. The quantitative estimate of drug-likeness (QED) is 0.595. The molecule has 0 saturated heterocycles. The van der Waals surface area contributed by atoms with Crippen LogP contribution < -0.4 is 0 Å². The molecule has 0 aliphatic rings. The zero-order valence-electron chi connectivity index (χ0n) is 4.74. The first-order valence-electron chi connectivity index (χ1n) is 2.70. The second-order valence-electron chi connectivity index (χ2n) is 1.56. The average Bonchev–Trinajstić information content (AvgIpc) is 1.69. The maximum absolute atomic E-state index is 4.93. The summed E-state index contributed by atoms with van der Waals surface area (Å²) in [6.07, 6.45) is 3.84. The number of rotatable bonds is 4. The van der Waals surface area contributed by atoms with E-state index in [-0.39, 0.29) is 0 Å². The summed E-state index contributed by atoms with van der Waals surface area (Å²) in [4.78, 5) is 0. The Hall–Kier alpha value is 0.843. The van der Waals surface area contributed by atoms with Crippen LogP contribution in [0.1, 0.15) is 26.2 Å². The van der Waals surface area contributed by atoms with Crippen molar-refractivity contribution in [1.29, 1.82) is 0 Å². The summed E-state index contributed by atoms with van der Waals surface area (Å²) in [7, 11) is 0. The zero-order chi connectivity index (χ0) is 5.54. The molecule has 0 aromatic carbocycles. The predicted octanol–water partition coefficient (Wildman–Crippen LogP) is 1.66. The molecule has 0 N–H and O–H groups in total. The fraction of sp³-hybridized carbons (Fsp3) is 1.00. The molecule has 41 valence electrons. The Morgan fingerprint density at radius 1 is 1.43 bits per heavy atom. The Morgan fingerprint density at radius 3 is 2.57 bits per heavy atom. The van der Waals surface area contributed by atoms with E-state index in [2.05, 4.69) is 6.92 Å². The van der Waals surface area contributed by atoms with Gasteiger partial charge in [-0.3, -0.25) is 0 Å². The van der Waals surface area contributed by atoms with Crippen molar-refractivity contribution in [2.24, 2.45) is 0 Å². The van der Waals surface area contributed by atoms with E-state index < -0.39 is 0 Å². The van der Waals surface area contributed by atoms with Crippen LogP contribution in [0.15, 0.2) is 0 Å². The number of hydrogen-bond donors (Lipinski definition) is 0. The molecule has 0 fully saturated rings. The summed E-state index contributed by atoms with van der Waals surface area (Å²) in [5.74, 6) is 0. The van der Waals surface area contributed by atoms with Gasteiger partial charge >= 0.3 is 60.8 Å². The molecule has 0 bridgehead atoms. The molecule has 0 spiro atoms. The fourth-order valence-electron chi connectivity index (χ4n) is 0.424. The summed E-state index contributed by atoms with van der Waals surface area (Å²) < 4.78 is 4.93. The SMILES string of the molecule is CCCCC[O][Zr]. The van der Waals surface area contributed by atoms with Crippen LogP contribution in [-0.4, -0.2) is 6.61 Å². The predicted molar refractivity (Wildman–Crippen MR) is 25.5 cm³/mol. The van der Waals surface area contributed by atoms with Crippen LogP contribution in [0.5, 0.6) is 0 Å². The van der Waals surface area contributed by atoms with Crippen LogP contribution in [0.4, 0.5) is 0 Å². The molecule has 0 radical (unpaired) electrons. The van der Waals surface area contributed by atoms with E-state index in [4.69, 9.17) is 2.81 Å². The maximum atomic E-state index is 4.93. The molecule has 0 aliphatic heterocycles. The number of hydrogen-bond acceptors (Lipinski definition) is 1. The summed E-state index contributed by atoms with van der Waals surface area (Å²) in [5.41, 5.74) is 0. The Bertz CT molecular complexity index is 27.3. The van der Waals surface area contributed by atoms with Crippen LogP contribution >= 0.6 is 0 Å². The van der Waals surface area contributed by atoms with Crippen LogP contribution in [0.2, 0.25) is 0 Å².